The Kier molecular flexibility index (Phi) is 3.93. The molecule has 1 aromatic heterocycles. The number of nitrogens with zero attached hydrogens (tertiary/aromatic N) is 4. The molecule has 0 saturated carbocycles. The van der Waals surface area contributed by atoms with Gasteiger partial charge < -0.3 is 9.80 Å². The van der Waals surface area contributed by atoms with Gasteiger partial charge in [-0.3, -0.25) is 4.79 Å². The zero-order chi connectivity index (χ0) is 15.9. The highest BCUT2D eigenvalue weighted by atomic mass is 16.2. The third-order valence-corrected chi connectivity index (χ3v) is 4.71. The van der Waals surface area contributed by atoms with Crippen LogP contribution >= 0.6 is 0 Å². The van der Waals surface area contributed by atoms with Gasteiger partial charge in [0.15, 0.2) is 0 Å². The van der Waals surface area contributed by atoms with E-state index >= 15 is 0 Å². The average Bonchev–Trinajstić information content (AvgIpc) is 3.11. The van der Waals surface area contributed by atoms with Crippen LogP contribution in [0.5, 0.6) is 0 Å². The Morgan fingerprint density at radius 2 is 2.14 bits per heavy atom. The number of carbonyl (C=O) groups is 1. The van der Waals surface area contributed by atoms with Gasteiger partial charge >= 0.3 is 0 Å². The van der Waals surface area contributed by atoms with E-state index in [1.165, 1.54) is 0 Å². The summed E-state index contributed by atoms with van der Waals surface area (Å²) in [6.45, 7) is 12.8. The topological polar surface area (TPSA) is 49.3 Å². The van der Waals surface area contributed by atoms with E-state index in [2.05, 4.69) is 37.6 Å². The molecule has 0 spiro atoms. The Morgan fingerprint density at radius 1 is 1.36 bits per heavy atom. The second-order valence-corrected chi connectivity index (χ2v) is 7.49. The van der Waals surface area contributed by atoms with E-state index in [4.69, 9.17) is 4.98 Å². The molecule has 0 aliphatic carbocycles. The zero-order valence-electron chi connectivity index (χ0n) is 14.1. The molecule has 120 valence electrons. The van der Waals surface area contributed by atoms with Crippen LogP contribution in [0.1, 0.15) is 51.2 Å². The lowest BCUT2D eigenvalue weighted by Crippen LogP contribution is -2.33. The predicted molar refractivity (Wildman–Crippen MR) is 85.2 cm³/mol. The first kappa shape index (κ1) is 15.4. The lowest BCUT2D eigenvalue weighted by molar-refractivity contribution is -0.135. The van der Waals surface area contributed by atoms with E-state index in [1.54, 1.807) is 0 Å². The van der Waals surface area contributed by atoms with Crippen molar-refractivity contribution in [1.82, 2.24) is 19.8 Å². The predicted octanol–water partition coefficient (Wildman–Crippen LogP) is 1.96. The fourth-order valence-electron chi connectivity index (χ4n) is 3.25. The minimum atomic E-state index is -0.0560. The van der Waals surface area contributed by atoms with Crippen LogP contribution in [0.3, 0.4) is 0 Å². The fraction of sp³-hybridized carbons (Fsp3) is 0.706. The largest absolute Gasteiger partial charge is 0.332 e. The normalized spacial score (nSPS) is 22.2. The molecular weight excluding hydrogens is 276 g/mol. The number of fused-ring (bicyclic) bond motifs is 1. The van der Waals surface area contributed by atoms with Crippen molar-refractivity contribution in [2.75, 3.05) is 19.6 Å². The van der Waals surface area contributed by atoms with Gasteiger partial charge in [-0.15, -0.1) is 0 Å². The number of likely N-dealkylation sites (tertiary alicyclic amines) is 1. The van der Waals surface area contributed by atoms with Gasteiger partial charge in [-0.2, -0.15) is 0 Å². The van der Waals surface area contributed by atoms with Crippen molar-refractivity contribution in [1.29, 1.82) is 0 Å². The smallest absolute Gasteiger partial charge is 0.227 e. The number of rotatable bonds is 2. The SMILES string of the molecule is CCN1CCC(C(=O)N2Cc3cnc(C(C)(C)C)nc3C2)C1. The molecule has 0 bridgehead atoms. The Labute approximate surface area is 132 Å². The Morgan fingerprint density at radius 3 is 2.77 bits per heavy atom. The molecule has 3 rings (SSSR count). The first-order valence-corrected chi connectivity index (χ1v) is 8.25. The molecule has 1 aromatic rings. The van der Waals surface area contributed by atoms with Crippen LogP contribution in [0.2, 0.25) is 0 Å². The van der Waals surface area contributed by atoms with Crippen LogP contribution < -0.4 is 0 Å². The molecule has 0 aromatic carbocycles. The van der Waals surface area contributed by atoms with Crippen molar-refractivity contribution in [3.05, 3.63) is 23.3 Å². The molecule has 1 fully saturated rings. The minimum absolute atomic E-state index is 0.0560. The quantitative estimate of drug-likeness (QED) is 0.838. The van der Waals surface area contributed by atoms with Crippen LogP contribution in [0.15, 0.2) is 6.20 Å². The molecule has 2 aliphatic rings. The van der Waals surface area contributed by atoms with Gasteiger partial charge in [-0.25, -0.2) is 9.97 Å². The summed E-state index contributed by atoms with van der Waals surface area (Å²) < 4.78 is 0. The van der Waals surface area contributed by atoms with Crippen LogP contribution in [0.25, 0.3) is 0 Å². The summed E-state index contributed by atoms with van der Waals surface area (Å²) in [4.78, 5) is 26.2. The number of hydrogen-bond donors (Lipinski definition) is 0. The summed E-state index contributed by atoms with van der Waals surface area (Å²) in [5, 5.41) is 0. The zero-order valence-corrected chi connectivity index (χ0v) is 14.1. The van der Waals surface area contributed by atoms with E-state index in [9.17, 15) is 4.79 Å². The first-order chi connectivity index (χ1) is 10.4. The highest BCUT2D eigenvalue weighted by molar-refractivity contribution is 5.80. The van der Waals surface area contributed by atoms with E-state index in [1.807, 2.05) is 11.1 Å². The molecule has 2 aliphatic heterocycles. The van der Waals surface area contributed by atoms with Crippen LogP contribution in [-0.4, -0.2) is 45.3 Å². The molecule has 5 nitrogen and oxygen atoms in total. The first-order valence-electron chi connectivity index (χ1n) is 8.25. The number of aromatic nitrogens is 2. The summed E-state index contributed by atoms with van der Waals surface area (Å²) >= 11 is 0. The second kappa shape index (κ2) is 5.61. The molecule has 0 N–H and O–H groups in total. The third-order valence-electron chi connectivity index (χ3n) is 4.71. The summed E-state index contributed by atoms with van der Waals surface area (Å²) in [6, 6.07) is 0. The molecule has 3 heterocycles. The lowest BCUT2D eigenvalue weighted by atomic mass is 9.95. The van der Waals surface area contributed by atoms with Crippen molar-refractivity contribution < 1.29 is 4.79 Å². The summed E-state index contributed by atoms with van der Waals surface area (Å²) in [7, 11) is 0. The molecule has 1 saturated heterocycles. The lowest BCUT2D eigenvalue weighted by Gasteiger charge is -2.20. The van der Waals surface area contributed by atoms with Crippen molar-refractivity contribution >= 4 is 5.91 Å². The van der Waals surface area contributed by atoms with Crippen LogP contribution in [0.4, 0.5) is 0 Å². The van der Waals surface area contributed by atoms with Crippen molar-refractivity contribution in [3.8, 4) is 0 Å². The van der Waals surface area contributed by atoms with Gasteiger partial charge in [0.05, 0.1) is 18.2 Å². The van der Waals surface area contributed by atoms with E-state index in [-0.39, 0.29) is 17.2 Å². The molecule has 1 amide bonds. The molecular formula is C17H26N4O. The average molecular weight is 302 g/mol. The van der Waals surface area contributed by atoms with E-state index in [0.29, 0.717) is 13.1 Å². The van der Waals surface area contributed by atoms with Gasteiger partial charge in [0, 0.05) is 30.3 Å². The molecule has 1 unspecified atom stereocenters. The molecule has 0 radical (unpaired) electrons. The van der Waals surface area contributed by atoms with E-state index in [0.717, 1.165) is 43.1 Å². The van der Waals surface area contributed by atoms with Gasteiger partial charge in [0.25, 0.3) is 0 Å². The fourth-order valence-corrected chi connectivity index (χ4v) is 3.25. The second-order valence-electron chi connectivity index (χ2n) is 7.49. The highest BCUT2D eigenvalue weighted by Gasteiger charge is 2.34. The molecule has 22 heavy (non-hydrogen) atoms. The summed E-state index contributed by atoms with van der Waals surface area (Å²) in [6.07, 6.45) is 2.89. The molecule has 1 atom stereocenters. The van der Waals surface area contributed by atoms with Crippen LogP contribution in [0, 0.1) is 5.92 Å². The van der Waals surface area contributed by atoms with Gasteiger partial charge in [0.2, 0.25) is 5.91 Å². The maximum absolute atomic E-state index is 12.7. The highest BCUT2D eigenvalue weighted by Crippen LogP contribution is 2.27. The number of carbonyl (C=O) groups excluding carboxylic acids is 1. The molecule has 5 heteroatoms. The van der Waals surface area contributed by atoms with Gasteiger partial charge in [-0.05, 0) is 19.5 Å². The van der Waals surface area contributed by atoms with Crippen molar-refractivity contribution in [2.45, 2.75) is 52.6 Å². The number of amides is 1. The Bertz CT molecular complexity index is 579. The van der Waals surface area contributed by atoms with E-state index < -0.39 is 0 Å². The van der Waals surface area contributed by atoms with Crippen molar-refractivity contribution in [3.63, 3.8) is 0 Å². The minimum Gasteiger partial charge on any atom is -0.332 e. The van der Waals surface area contributed by atoms with Crippen LogP contribution in [-0.2, 0) is 23.3 Å². The van der Waals surface area contributed by atoms with Crippen molar-refractivity contribution in [2.24, 2.45) is 5.92 Å². The Balaban J connectivity index is 1.70. The van der Waals surface area contributed by atoms with Gasteiger partial charge in [-0.1, -0.05) is 27.7 Å². The number of hydrogen-bond acceptors (Lipinski definition) is 4. The maximum Gasteiger partial charge on any atom is 0.227 e. The summed E-state index contributed by atoms with van der Waals surface area (Å²) in [5.41, 5.74) is 2.07. The van der Waals surface area contributed by atoms with Gasteiger partial charge in [0.1, 0.15) is 5.82 Å². The standard InChI is InChI=1S/C17H26N4O/c1-5-20-7-6-12(9-20)15(22)21-10-13-8-18-16(17(2,3)4)19-14(13)11-21/h8,12H,5-7,9-11H2,1-4H3. The Hall–Kier alpha value is -1.49. The maximum atomic E-state index is 12.7. The monoisotopic (exact) mass is 302 g/mol. The summed E-state index contributed by atoms with van der Waals surface area (Å²) in [5.74, 6) is 1.30. The third kappa shape index (κ3) is 2.86.